The zero-order chi connectivity index (χ0) is 17.3. The van der Waals surface area contributed by atoms with Crippen LogP contribution in [0.25, 0.3) is 0 Å². The molecule has 132 valence electrons. The number of amides is 1. The van der Waals surface area contributed by atoms with Gasteiger partial charge in [0.15, 0.2) is 0 Å². The van der Waals surface area contributed by atoms with Crippen molar-refractivity contribution in [3.63, 3.8) is 0 Å². The second-order valence-corrected chi connectivity index (χ2v) is 6.51. The van der Waals surface area contributed by atoms with Crippen LogP contribution in [0.4, 0.5) is 0 Å². The molecule has 0 saturated carbocycles. The number of carbonyl (C=O) groups is 1. The molecule has 3 rings (SSSR count). The van der Waals surface area contributed by atoms with Crippen LogP contribution in [-0.4, -0.2) is 19.0 Å². The van der Waals surface area contributed by atoms with E-state index in [0.29, 0.717) is 19.8 Å². The Kier molecular flexibility index (Phi) is 6.60. The minimum atomic E-state index is 0.0928. The average Bonchev–Trinajstić information content (AvgIpc) is 2.68. The maximum Gasteiger partial charge on any atom is 0.224 e. The molecule has 4 heteroatoms. The fraction of sp³-hybridized carbons (Fsp3) is 0.381. The number of ether oxygens (including phenoxy) is 1. The number of hydrogen-bond donors (Lipinski definition) is 2. The Labute approximate surface area is 149 Å². The first-order valence-electron chi connectivity index (χ1n) is 9.00. The molecule has 2 N–H and O–H groups in total. The monoisotopic (exact) mass is 338 g/mol. The minimum absolute atomic E-state index is 0.0928. The van der Waals surface area contributed by atoms with Gasteiger partial charge >= 0.3 is 0 Å². The van der Waals surface area contributed by atoms with Crippen LogP contribution in [0.5, 0.6) is 0 Å². The van der Waals surface area contributed by atoms with E-state index in [1.807, 2.05) is 30.3 Å². The Morgan fingerprint density at radius 1 is 1.04 bits per heavy atom. The summed E-state index contributed by atoms with van der Waals surface area (Å²) in [6.07, 6.45) is 2.04. The maximum atomic E-state index is 12.3. The average molecular weight is 338 g/mol. The van der Waals surface area contributed by atoms with Crippen LogP contribution >= 0.6 is 0 Å². The highest BCUT2D eigenvalue weighted by Crippen LogP contribution is 2.13. The third-order valence-electron chi connectivity index (χ3n) is 4.61. The van der Waals surface area contributed by atoms with Gasteiger partial charge in [-0.05, 0) is 36.1 Å². The number of benzene rings is 2. The summed E-state index contributed by atoms with van der Waals surface area (Å²) in [4.78, 5) is 12.3. The van der Waals surface area contributed by atoms with Crippen molar-refractivity contribution >= 4 is 5.91 Å². The molecule has 2 aromatic carbocycles. The van der Waals surface area contributed by atoms with Crippen LogP contribution in [0.15, 0.2) is 54.6 Å². The number of hydrogen-bond acceptors (Lipinski definition) is 3. The maximum absolute atomic E-state index is 12.3. The van der Waals surface area contributed by atoms with E-state index in [1.165, 1.54) is 0 Å². The molecule has 0 spiro atoms. The van der Waals surface area contributed by atoms with Crippen molar-refractivity contribution in [2.24, 2.45) is 5.92 Å². The smallest absolute Gasteiger partial charge is 0.224 e. The molecule has 25 heavy (non-hydrogen) atoms. The van der Waals surface area contributed by atoms with E-state index in [2.05, 4.69) is 34.9 Å². The predicted octanol–water partition coefficient (Wildman–Crippen LogP) is 3.02. The molecule has 1 saturated heterocycles. The third-order valence-corrected chi connectivity index (χ3v) is 4.61. The van der Waals surface area contributed by atoms with Crippen molar-refractivity contribution in [1.29, 1.82) is 0 Å². The summed E-state index contributed by atoms with van der Waals surface area (Å²) in [6.45, 7) is 3.50. The third kappa shape index (κ3) is 5.41. The van der Waals surface area contributed by atoms with E-state index < -0.39 is 0 Å². The molecule has 0 bridgehead atoms. The highest BCUT2D eigenvalue weighted by Gasteiger charge is 2.20. The summed E-state index contributed by atoms with van der Waals surface area (Å²) in [6, 6.07) is 18.3. The number of rotatable bonds is 7. The molecule has 1 fully saturated rings. The summed E-state index contributed by atoms with van der Waals surface area (Å²) in [7, 11) is 0. The first-order chi connectivity index (χ1) is 12.3. The van der Waals surface area contributed by atoms with Crippen molar-refractivity contribution in [1.82, 2.24) is 10.6 Å². The van der Waals surface area contributed by atoms with Crippen LogP contribution in [0.2, 0.25) is 0 Å². The number of piperidine rings is 1. The molecule has 1 atom stereocenters. The fourth-order valence-corrected chi connectivity index (χ4v) is 3.13. The SMILES string of the molecule is O=C(NCc1ccccc1COCc1ccccc1)C1CCCNC1. The molecule has 1 aliphatic rings. The zero-order valence-corrected chi connectivity index (χ0v) is 14.5. The predicted molar refractivity (Wildman–Crippen MR) is 98.8 cm³/mol. The molecule has 1 unspecified atom stereocenters. The van der Waals surface area contributed by atoms with Gasteiger partial charge < -0.3 is 15.4 Å². The highest BCUT2D eigenvalue weighted by atomic mass is 16.5. The van der Waals surface area contributed by atoms with E-state index in [-0.39, 0.29) is 11.8 Å². The van der Waals surface area contributed by atoms with Crippen LogP contribution in [-0.2, 0) is 29.3 Å². The van der Waals surface area contributed by atoms with Gasteiger partial charge in [0.05, 0.1) is 19.1 Å². The zero-order valence-electron chi connectivity index (χ0n) is 14.5. The molecule has 0 aliphatic carbocycles. The van der Waals surface area contributed by atoms with Gasteiger partial charge in [0.1, 0.15) is 0 Å². The Morgan fingerprint density at radius 2 is 1.80 bits per heavy atom. The fourth-order valence-electron chi connectivity index (χ4n) is 3.13. The summed E-state index contributed by atoms with van der Waals surface area (Å²) >= 11 is 0. The first-order valence-corrected chi connectivity index (χ1v) is 9.00. The lowest BCUT2D eigenvalue weighted by atomic mass is 9.98. The van der Waals surface area contributed by atoms with Crippen LogP contribution in [0.1, 0.15) is 29.5 Å². The Morgan fingerprint density at radius 3 is 2.56 bits per heavy atom. The van der Waals surface area contributed by atoms with Crippen LogP contribution in [0, 0.1) is 5.92 Å². The summed E-state index contributed by atoms with van der Waals surface area (Å²) in [5.74, 6) is 0.238. The molecule has 4 nitrogen and oxygen atoms in total. The van der Waals surface area contributed by atoms with E-state index >= 15 is 0 Å². The summed E-state index contributed by atoms with van der Waals surface area (Å²) < 4.78 is 5.85. The molecule has 0 aromatic heterocycles. The van der Waals surface area contributed by atoms with Gasteiger partial charge in [-0.15, -0.1) is 0 Å². The second-order valence-electron chi connectivity index (χ2n) is 6.51. The quantitative estimate of drug-likeness (QED) is 0.816. The van der Waals surface area contributed by atoms with E-state index in [1.54, 1.807) is 0 Å². The Balaban J connectivity index is 1.50. The van der Waals surface area contributed by atoms with Gasteiger partial charge in [-0.25, -0.2) is 0 Å². The van der Waals surface area contributed by atoms with Gasteiger partial charge in [0.2, 0.25) is 5.91 Å². The first kappa shape index (κ1) is 17.6. The van der Waals surface area contributed by atoms with Crippen LogP contribution in [0.3, 0.4) is 0 Å². The lowest BCUT2D eigenvalue weighted by molar-refractivity contribution is -0.125. The topological polar surface area (TPSA) is 50.4 Å². The lowest BCUT2D eigenvalue weighted by Gasteiger charge is -2.22. The van der Waals surface area contributed by atoms with Crippen molar-refractivity contribution in [2.45, 2.75) is 32.6 Å². The van der Waals surface area contributed by atoms with Crippen molar-refractivity contribution < 1.29 is 9.53 Å². The van der Waals surface area contributed by atoms with Crippen LogP contribution < -0.4 is 10.6 Å². The van der Waals surface area contributed by atoms with Crippen molar-refractivity contribution in [3.8, 4) is 0 Å². The Bertz CT molecular complexity index is 667. The van der Waals surface area contributed by atoms with E-state index in [4.69, 9.17) is 4.74 Å². The van der Waals surface area contributed by atoms with E-state index in [0.717, 1.165) is 42.6 Å². The largest absolute Gasteiger partial charge is 0.372 e. The van der Waals surface area contributed by atoms with Gasteiger partial charge in [0.25, 0.3) is 0 Å². The standard InChI is InChI=1S/C21H26N2O2/c24-21(19-11-6-12-22-13-19)23-14-18-9-4-5-10-20(18)16-25-15-17-7-2-1-3-8-17/h1-5,7-10,19,22H,6,11-16H2,(H,23,24). The van der Waals surface area contributed by atoms with Gasteiger partial charge in [-0.1, -0.05) is 54.6 Å². The van der Waals surface area contributed by atoms with Gasteiger partial charge in [-0.2, -0.15) is 0 Å². The molecule has 1 amide bonds. The molecule has 1 heterocycles. The molecule has 2 aromatic rings. The summed E-state index contributed by atoms with van der Waals surface area (Å²) in [5.41, 5.74) is 3.41. The summed E-state index contributed by atoms with van der Waals surface area (Å²) in [5, 5.41) is 6.37. The van der Waals surface area contributed by atoms with Gasteiger partial charge in [-0.3, -0.25) is 4.79 Å². The van der Waals surface area contributed by atoms with E-state index in [9.17, 15) is 4.79 Å². The highest BCUT2D eigenvalue weighted by molar-refractivity contribution is 5.79. The normalized spacial score (nSPS) is 17.2. The Hall–Kier alpha value is -2.17. The molecular weight excluding hydrogens is 312 g/mol. The molecular formula is C21H26N2O2. The number of carbonyl (C=O) groups excluding carboxylic acids is 1. The molecule has 1 aliphatic heterocycles. The van der Waals surface area contributed by atoms with Crippen molar-refractivity contribution in [3.05, 3.63) is 71.3 Å². The van der Waals surface area contributed by atoms with Gasteiger partial charge in [0, 0.05) is 13.1 Å². The second kappa shape index (κ2) is 9.35. The minimum Gasteiger partial charge on any atom is -0.372 e. The number of nitrogens with one attached hydrogen (secondary N) is 2. The van der Waals surface area contributed by atoms with Crippen molar-refractivity contribution in [2.75, 3.05) is 13.1 Å². The molecule has 0 radical (unpaired) electrons. The lowest BCUT2D eigenvalue weighted by Crippen LogP contribution is -2.40.